The van der Waals surface area contributed by atoms with Gasteiger partial charge >= 0.3 is 6.01 Å². The standard InChI is InChI=1S/C18H16FN3O3S/c1-13-5-4-6-14(9-13)12-26(23,24)22-15-10-20-18(21-11-15)25-17-8-3-2-7-16(17)19/h2-11,22H,12H2,1H3. The smallest absolute Gasteiger partial charge is 0.322 e. The summed E-state index contributed by atoms with van der Waals surface area (Å²) in [5.41, 5.74) is 1.85. The Labute approximate surface area is 150 Å². The molecule has 8 heteroatoms. The Bertz CT molecular complexity index is 1010. The summed E-state index contributed by atoms with van der Waals surface area (Å²) in [4.78, 5) is 7.79. The van der Waals surface area contributed by atoms with E-state index in [2.05, 4.69) is 14.7 Å². The molecule has 0 saturated heterocycles. The second-order valence-electron chi connectivity index (χ2n) is 5.64. The third-order valence-electron chi connectivity index (χ3n) is 3.38. The number of ether oxygens (including phenoxy) is 1. The van der Waals surface area contributed by atoms with Crippen LogP contribution in [0.25, 0.3) is 0 Å². The van der Waals surface area contributed by atoms with Crippen LogP contribution in [0.2, 0.25) is 0 Å². The third kappa shape index (κ3) is 4.76. The van der Waals surface area contributed by atoms with Crippen LogP contribution >= 0.6 is 0 Å². The maximum atomic E-state index is 13.5. The molecule has 0 spiro atoms. The van der Waals surface area contributed by atoms with Crippen LogP contribution in [0.3, 0.4) is 0 Å². The van der Waals surface area contributed by atoms with Crippen molar-refractivity contribution in [1.82, 2.24) is 9.97 Å². The molecular weight excluding hydrogens is 357 g/mol. The van der Waals surface area contributed by atoms with Crippen LogP contribution in [0.5, 0.6) is 11.8 Å². The minimum absolute atomic E-state index is 0.0136. The van der Waals surface area contributed by atoms with Crippen molar-refractivity contribution in [3.63, 3.8) is 0 Å². The van der Waals surface area contributed by atoms with Crippen LogP contribution in [0.15, 0.2) is 60.9 Å². The molecule has 6 nitrogen and oxygen atoms in total. The van der Waals surface area contributed by atoms with Gasteiger partial charge in [0, 0.05) is 0 Å². The number of benzene rings is 2. The minimum Gasteiger partial charge on any atom is -0.421 e. The summed E-state index contributed by atoms with van der Waals surface area (Å²) < 4.78 is 45.7. The molecule has 3 aromatic rings. The zero-order valence-corrected chi connectivity index (χ0v) is 14.7. The number of hydrogen-bond donors (Lipinski definition) is 1. The van der Waals surface area contributed by atoms with Gasteiger partial charge in [-0.3, -0.25) is 4.72 Å². The molecule has 0 fully saturated rings. The quantitative estimate of drug-likeness (QED) is 0.713. The second kappa shape index (κ2) is 7.49. The number of sulfonamides is 1. The van der Waals surface area contributed by atoms with Crippen LogP contribution in [0, 0.1) is 12.7 Å². The van der Waals surface area contributed by atoms with Crippen molar-refractivity contribution in [1.29, 1.82) is 0 Å². The summed E-state index contributed by atoms with van der Waals surface area (Å²) in [7, 11) is -3.61. The largest absolute Gasteiger partial charge is 0.421 e. The van der Waals surface area contributed by atoms with E-state index in [1.807, 2.05) is 13.0 Å². The first-order valence-electron chi connectivity index (χ1n) is 7.72. The molecule has 26 heavy (non-hydrogen) atoms. The van der Waals surface area contributed by atoms with Crippen molar-refractivity contribution >= 4 is 15.7 Å². The number of halogens is 1. The minimum atomic E-state index is -3.61. The van der Waals surface area contributed by atoms with Gasteiger partial charge in [0.2, 0.25) is 10.0 Å². The Morgan fingerprint density at radius 1 is 1.08 bits per heavy atom. The second-order valence-corrected chi connectivity index (χ2v) is 7.36. The van der Waals surface area contributed by atoms with Gasteiger partial charge in [-0.05, 0) is 24.6 Å². The van der Waals surface area contributed by atoms with Gasteiger partial charge in [0.25, 0.3) is 0 Å². The van der Waals surface area contributed by atoms with Crippen LogP contribution in [-0.2, 0) is 15.8 Å². The SMILES string of the molecule is Cc1cccc(CS(=O)(=O)Nc2cnc(Oc3ccccc3F)nc2)c1. The number of nitrogens with one attached hydrogen (secondary N) is 1. The number of rotatable bonds is 6. The Hall–Kier alpha value is -3.00. The van der Waals surface area contributed by atoms with Gasteiger partial charge in [-0.15, -0.1) is 0 Å². The normalized spacial score (nSPS) is 11.2. The first-order chi connectivity index (χ1) is 12.4. The van der Waals surface area contributed by atoms with E-state index < -0.39 is 15.8 Å². The molecule has 0 aliphatic heterocycles. The third-order valence-corrected chi connectivity index (χ3v) is 4.64. The lowest BCUT2D eigenvalue weighted by Gasteiger charge is -2.09. The molecule has 1 aromatic heterocycles. The Balaban J connectivity index is 1.67. The highest BCUT2D eigenvalue weighted by molar-refractivity contribution is 7.91. The highest BCUT2D eigenvalue weighted by Crippen LogP contribution is 2.21. The molecule has 0 aliphatic rings. The Morgan fingerprint density at radius 3 is 2.50 bits per heavy atom. The molecule has 0 radical (unpaired) electrons. The van der Waals surface area contributed by atoms with E-state index in [1.165, 1.54) is 30.6 Å². The number of para-hydroxylation sites is 1. The molecule has 0 unspecified atom stereocenters. The average Bonchev–Trinajstić information content (AvgIpc) is 2.58. The number of anilines is 1. The molecule has 0 aliphatic carbocycles. The fraction of sp³-hybridized carbons (Fsp3) is 0.111. The maximum absolute atomic E-state index is 13.5. The number of hydrogen-bond acceptors (Lipinski definition) is 5. The van der Waals surface area contributed by atoms with Crippen LogP contribution < -0.4 is 9.46 Å². The summed E-state index contributed by atoms with van der Waals surface area (Å²) in [5.74, 6) is -0.721. The fourth-order valence-corrected chi connectivity index (χ4v) is 3.44. The van der Waals surface area contributed by atoms with Crippen LogP contribution in [0.1, 0.15) is 11.1 Å². The van der Waals surface area contributed by atoms with E-state index in [0.29, 0.717) is 5.56 Å². The molecule has 0 amide bonds. The zero-order valence-electron chi connectivity index (χ0n) is 13.9. The zero-order chi connectivity index (χ0) is 18.6. The van der Waals surface area contributed by atoms with Crippen molar-refractivity contribution in [2.24, 2.45) is 0 Å². The number of aryl methyl sites for hydroxylation is 1. The van der Waals surface area contributed by atoms with E-state index in [1.54, 1.807) is 24.3 Å². The molecule has 3 rings (SSSR count). The fourth-order valence-electron chi connectivity index (χ4n) is 2.28. The van der Waals surface area contributed by atoms with Crippen molar-refractivity contribution in [3.8, 4) is 11.8 Å². The molecule has 134 valence electrons. The molecule has 1 N–H and O–H groups in total. The van der Waals surface area contributed by atoms with Gasteiger partial charge < -0.3 is 4.74 Å². The molecule has 0 atom stereocenters. The van der Waals surface area contributed by atoms with E-state index in [0.717, 1.165) is 5.56 Å². The van der Waals surface area contributed by atoms with E-state index >= 15 is 0 Å². The topological polar surface area (TPSA) is 81.2 Å². The highest BCUT2D eigenvalue weighted by atomic mass is 32.2. The summed E-state index contributed by atoms with van der Waals surface area (Å²) in [6, 6.07) is 13.0. The molecule has 0 saturated carbocycles. The molecule has 0 bridgehead atoms. The van der Waals surface area contributed by atoms with E-state index in [4.69, 9.17) is 4.74 Å². The summed E-state index contributed by atoms with van der Waals surface area (Å²) in [6.07, 6.45) is 2.52. The summed E-state index contributed by atoms with van der Waals surface area (Å²) in [5, 5.41) is 0. The predicted octanol–water partition coefficient (Wildman–Crippen LogP) is 3.66. The van der Waals surface area contributed by atoms with E-state index in [9.17, 15) is 12.8 Å². The van der Waals surface area contributed by atoms with Crippen molar-refractivity contribution in [3.05, 3.63) is 77.9 Å². The molecule has 2 aromatic carbocycles. The lowest BCUT2D eigenvalue weighted by atomic mass is 10.2. The van der Waals surface area contributed by atoms with Gasteiger partial charge in [0.15, 0.2) is 11.6 Å². The van der Waals surface area contributed by atoms with Gasteiger partial charge in [-0.2, -0.15) is 0 Å². The van der Waals surface area contributed by atoms with Crippen LogP contribution in [-0.4, -0.2) is 18.4 Å². The molecule has 1 heterocycles. The predicted molar refractivity (Wildman–Crippen MR) is 95.9 cm³/mol. The van der Waals surface area contributed by atoms with Gasteiger partial charge in [-0.1, -0.05) is 42.0 Å². The monoisotopic (exact) mass is 373 g/mol. The van der Waals surface area contributed by atoms with Gasteiger partial charge in [0.05, 0.1) is 23.8 Å². The Kier molecular flexibility index (Phi) is 5.13. The van der Waals surface area contributed by atoms with Crippen molar-refractivity contribution < 1.29 is 17.5 Å². The average molecular weight is 373 g/mol. The lowest BCUT2D eigenvalue weighted by Crippen LogP contribution is -2.15. The molecular formula is C18H16FN3O3S. The number of aromatic nitrogens is 2. The summed E-state index contributed by atoms with van der Waals surface area (Å²) in [6.45, 7) is 1.89. The number of nitrogens with zero attached hydrogens (tertiary/aromatic N) is 2. The van der Waals surface area contributed by atoms with Gasteiger partial charge in [0.1, 0.15) is 0 Å². The first-order valence-corrected chi connectivity index (χ1v) is 9.37. The van der Waals surface area contributed by atoms with Gasteiger partial charge in [-0.25, -0.2) is 22.8 Å². The summed E-state index contributed by atoms with van der Waals surface area (Å²) >= 11 is 0. The van der Waals surface area contributed by atoms with E-state index in [-0.39, 0.29) is 23.2 Å². The van der Waals surface area contributed by atoms with Crippen LogP contribution in [0.4, 0.5) is 10.1 Å². The first kappa shape index (κ1) is 17.8. The highest BCUT2D eigenvalue weighted by Gasteiger charge is 2.13. The lowest BCUT2D eigenvalue weighted by molar-refractivity contribution is 0.411. The van der Waals surface area contributed by atoms with Crippen molar-refractivity contribution in [2.75, 3.05) is 4.72 Å². The van der Waals surface area contributed by atoms with Crippen molar-refractivity contribution in [2.45, 2.75) is 12.7 Å². The maximum Gasteiger partial charge on any atom is 0.322 e. The Morgan fingerprint density at radius 2 is 1.81 bits per heavy atom.